The Hall–Kier alpha value is -4.46. The summed E-state index contributed by atoms with van der Waals surface area (Å²) in [5, 5.41) is 14.1. The number of hydrogen-bond donors (Lipinski definition) is 3. The molecule has 2 amide bonds. The van der Waals surface area contributed by atoms with Gasteiger partial charge in [-0.25, -0.2) is 17.6 Å². The second kappa shape index (κ2) is 11.2. The third-order valence-electron chi connectivity index (χ3n) is 6.62. The second-order valence-corrected chi connectivity index (χ2v) is 11.1. The normalized spacial score (nSPS) is 16.8. The van der Waals surface area contributed by atoms with Gasteiger partial charge in [-0.1, -0.05) is 18.2 Å². The Labute approximate surface area is 231 Å². The van der Waals surface area contributed by atoms with Crippen molar-refractivity contribution in [3.8, 4) is 16.9 Å². The minimum absolute atomic E-state index is 0.00415. The zero-order valence-corrected chi connectivity index (χ0v) is 22.0. The largest absolute Gasteiger partial charge is 0.501 e. The van der Waals surface area contributed by atoms with Gasteiger partial charge in [0.25, 0.3) is 15.7 Å². The molecule has 1 fully saturated rings. The van der Waals surface area contributed by atoms with Crippen LogP contribution in [0.2, 0.25) is 0 Å². The summed E-state index contributed by atoms with van der Waals surface area (Å²) in [6, 6.07) is 10.6. The van der Waals surface area contributed by atoms with E-state index in [0.717, 1.165) is 18.2 Å². The van der Waals surface area contributed by atoms with E-state index in [1.165, 1.54) is 43.5 Å². The molecule has 0 radical (unpaired) electrons. The van der Waals surface area contributed by atoms with Gasteiger partial charge in [-0.15, -0.1) is 0 Å². The Balaban J connectivity index is 1.50. The zero-order valence-electron chi connectivity index (χ0n) is 21.2. The van der Waals surface area contributed by atoms with Crippen molar-refractivity contribution >= 4 is 33.3 Å². The first-order valence-corrected chi connectivity index (χ1v) is 13.5. The maximum Gasteiger partial charge on any atom is 0.501 e. The van der Waals surface area contributed by atoms with Gasteiger partial charge in [0.1, 0.15) is 11.6 Å². The molecule has 0 heterocycles. The number of carbonyl (C=O) groups is 3. The number of rotatable bonds is 8. The highest BCUT2D eigenvalue weighted by atomic mass is 32.2. The summed E-state index contributed by atoms with van der Waals surface area (Å²) in [6.07, 6.45) is 0.721. The fourth-order valence-corrected chi connectivity index (χ4v) is 5.06. The number of aromatic carboxylic acids is 1. The van der Waals surface area contributed by atoms with Crippen LogP contribution in [0.5, 0.6) is 5.75 Å². The molecule has 3 aromatic rings. The first kappa shape index (κ1) is 29.5. The number of halogens is 4. The number of alkyl halides is 3. The summed E-state index contributed by atoms with van der Waals surface area (Å²) in [7, 11) is -4.38. The summed E-state index contributed by atoms with van der Waals surface area (Å²) in [6.45, 7) is 0. The number of carboxylic acid groups (broad SMARTS) is 1. The Morgan fingerprint density at radius 2 is 1.68 bits per heavy atom. The highest BCUT2D eigenvalue weighted by Gasteiger charge is 2.47. The molecule has 2 atom stereocenters. The molecule has 0 spiro atoms. The van der Waals surface area contributed by atoms with Crippen LogP contribution in [0.3, 0.4) is 0 Å². The van der Waals surface area contributed by atoms with Crippen LogP contribution in [-0.2, 0) is 14.6 Å². The maximum atomic E-state index is 14.8. The first-order chi connectivity index (χ1) is 19.2. The fourth-order valence-electron chi connectivity index (χ4n) is 4.26. The van der Waals surface area contributed by atoms with Gasteiger partial charge in [0.2, 0.25) is 5.91 Å². The number of benzene rings is 3. The highest BCUT2D eigenvalue weighted by Crippen LogP contribution is 2.34. The summed E-state index contributed by atoms with van der Waals surface area (Å²) < 4.78 is 82.0. The molecule has 1 aliphatic carbocycles. The van der Waals surface area contributed by atoms with Gasteiger partial charge >= 0.3 is 11.5 Å². The Morgan fingerprint density at radius 1 is 1.00 bits per heavy atom. The minimum atomic E-state index is -5.62. The van der Waals surface area contributed by atoms with E-state index in [0.29, 0.717) is 24.5 Å². The number of sulfone groups is 1. The number of amides is 2. The third kappa shape index (κ3) is 6.01. The molecule has 3 aromatic carbocycles. The average Bonchev–Trinajstić information content (AvgIpc) is 2.90. The number of nitrogens with one attached hydrogen (secondary N) is 2. The van der Waals surface area contributed by atoms with Crippen molar-refractivity contribution < 1.29 is 50.2 Å². The van der Waals surface area contributed by atoms with Gasteiger partial charge < -0.3 is 20.5 Å². The molecule has 3 N–H and O–H groups in total. The number of ether oxygens (including phenoxy) is 1. The predicted octanol–water partition coefficient (Wildman–Crippen LogP) is 4.64. The first-order valence-electron chi connectivity index (χ1n) is 12.0. The monoisotopic (exact) mass is 594 g/mol. The molecule has 0 bridgehead atoms. The lowest BCUT2D eigenvalue weighted by Gasteiger charge is -2.36. The summed E-state index contributed by atoms with van der Waals surface area (Å²) in [5.41, 5.74) is -5.44. The number of anilines is 1. The van der Waals surface area contributed by atoms with Gasteiger partial charge in [-0.3, -0.25) is 9.59 Å². The highest BCUT2D eigenvalue weighted by molar-refractivity contribution is 7.92. The molecule has 4 rings (SSSR count). The quantitative estimate of drug-likeness (QED) is 0.323. The van der Waals surface area contributed by atoms with Crippen molar-refractivity contribution in [1.29, 1.82) is 0 Å². The fraction of sp³-hybridized carbons (Fsp3) is 0.222. The molecule has 1 aliphatic rings. The van der Waals surface area contributed by atoms with E-state index in [4.69, 9.17) is 9.84 Å². The lowest BCUT2D eigenvalue weighted by Crippen LogP contribution is -2.51. The van der Waals surface area contributed by atoms with E-state index in [1.54, 1.807) is 0 Å². The van der Waals surface area contributed by atoms with Crippen molar-refractivity contribution in [1.82, 2.24) is 5.32 Å². The summed E-state index contributed by atoms with van der Waals surface area (Å²) in [5.74, 6) is -4.09. The lowest BCUT2D eigenvalue weighted by molar-refractivity contribution is -0.123. The van der Waals surface area contributed by atoms with Gasteiger partial charge in [0.15, 0.2) is 0 Å². The van der Waals surface area contributed by atoms with Gasteiger partial charge in [0, 0.05) is 23.4 Å². The van der Waals surface area contributed by atoms with Crippen molar-refractivity contribution in [2.45, 2.75) is 29.3 Å². The van der Waals surface area contributed by atoms with E-state index in [-0.39, 0.29) is 28.1 Å². The Morgan fingerprint density at radius 3 is 2.24 bits per heavy atom. The number of carbonyl (C=O) groups excluding carboxylic acids is 2. The second-order valence-electron chi connectivity index (χ2n) is 9.14. The molecule has 1 saturated carbocycles. The molecule has 41 heavy (non-hydrogen) atoms. The van der Waals surface area contributed by atoms with Gasteiger partial charge in [0.05, 0.1) is 29.1 Å². The number of methoxy groups -OCH3 is 1. The van der Waals surface area contributed by atoms with E-state index in [1.807, 2.05) is 0 Å². The van der Waals surface area contributed by atoms with Crippen LogP contribution in [0.15, 0.2) is 65.6 Å². The molecule has 0 saturated heterocycles. The Bertz CT molecular complexity index is 1620. The van der Waals surface area contributed by atoms with Crippen molar-refractivity contribution in [3.63, 3.8) is 0 Å². The molecule has 216 valence electrons. The van der Waals surface area contributed by atoms with Crippen LogP contribution in [0.4, 0.5) is 23.2 Å². The van der Waals surface area contributed by atoms with E-state index < -0.39 is 55.8 Å². The SMILES string of the molecule is COc1cc(F)c(-c2ccc(C(=O)O)cc2)cc1C(=O)NC1CCC1C(=O)Nc1cccc(S(=O)(=O)C(F)(F)F)c1. The van der Waals surface area contributed by atoms with Crippen molar-refractivity contribution in [3.05, 3.63) is 77.6 Å². The minimum Gasteiger partial charge on any atom is -0.496 e. The standard InChI is InChI=1S/C27H22F4N2O7S/c1-40-23-13-21(28)19(14-5-7-15(8-6-14)26(36)37)12-20(23)25(35)33-22-10-9-18(22)24(34)32-16-3-2-4-17(11-16)41(38,39)27(29,30)31/h2-8,11-13,18,22H,9-10H2,1H3,(H,32,34)(H,33,35)(H,36,37). The Kier molecular flexibility index (Phi) is 8.06. The van der Waals surface area contributed by atoms with Crippen LogP contribution >= 0.6 is 0 Å². The van der Waals surface area contributed by atoms with Crippen LogP contribution in [0.1, 0.15) is 33.6 Å². The summed E-state index contributed by atoms with van der Waals surface area (Å²) >= 11 is 0. The van der Waals surface area contributed by atoms with Gasteiger partial charge in [-0.2, -0.15) is 13.2 Å². The molecule has 9 nitrogen and oxygen atoms in total. The number of carboxylic acids is 1. The molecule has 0 aromatic heterocycles. The predicted molar refractivity (Wildman–Crippen MR) is 138 cm³/mol. The molecular formula is C27H22F4N2O7S. The number of hydrogen-bond acceptors (Lipinski definition) is 6. The van der Waals surface area contributed by atoms with Crippen LogP contribution in [0.25, 0.3) is 11.1 Å². The van der Waals surface area contributed by atoms with Crippen molar-refractivity contribution in [2.75, 3.05) is 12.4 Å². The maximum absolute atomic E-state index is 14.8. The molecule has 14 heteroatoms. The zero-order chi connectivity index (χ0) is 30.1. The lowest BCUT2D eigenvalue weighted by atomic mass is 9.78. The van der Waals surface area contributed by atoms with Crippen LogP contribution in [0, 0.1) is 11.7 Å². The van der Waals surface area contributed by atoms with E-state index >= 15 is 0 Å². The molecule has 2 unspecified atom stereocenters. The van der Waals surface area contributed by atoms with Crippen LogP contribution in [-0.4, -0.2) is 50.0 Å². The van der Waals surface area contributed by atoms with E-state index in [9.17, 15) is 40.4 Å². The van der Waals surface area contributed by atoms with Gasteiger partial charge in [-0.05, 0) is 54.8 Å². The molecule has 0 aliphatic heterocycles. The molecular weight excluding hydrogens is 572 g/mol. The smallest absolute Gasteiger partial charge is 0.496 e. The van der Waals surface area contributed by atoms with E-state index in [2.05, 4.69) is 10.6 Å². The topological polar surface area (TPSA) is 139 Å². The third-order valence-corrected chi connectivity index (χ3v) is 8.10. The van der Waals surface area contributed by atoms with Crippen LogP contribution < -0.4 is 15.4 Å². The van der Waals surface area contributed by atoms with Crippen molar-refractivity contribution in [2.24, 2.45) is 5.92 Å². The summed E-state index contributed by atoms with van der Waals surface area (Å²) in [4.78, 5) is 36.0. The average molecular weight is 595 g/mol.